The molecule has 0 bridgehead atoms. The molecule has 0 saturated carbocycles. The van der Waals surface area contributed by atoms with E-state index < -0.39 is 0 Å². The van der Waals surface area contributed by atoms with E-state index in [9.17, 15) is 0 Å². The van der Waals surface area contributed by atoms with Gasteiger partial charge in [0, 0.05) is 18.9 Å². The summed E-state index contributed by atoms with van der Waals surface area (Å²) in [6.07, 6.45) is 1.73. The molecule has 0 fully saturated rings. The Morgan fingerprint density at radius 2 is 2.29 bits per heavy atom. The van der Waals surface area contributed by atoms with Crippen molar-refractivity contribution in [3.8, 4) is 6.07 Å². The van der Waals surface area contributed by atoms with Gasteiger partial charge in [0.1, 0.15) is 11.8 Å². The minimum absolute atomic E-state index is 0.366. The summed E-state index contributed by atoms with van der Waals surface area (Å²) in [4.78, 5) is 8.28. The second-order valence-electron chi connectivity index (χ2n) is 3.63. The van der Waals surface area contributed by atoms with Gasteiger partial charge in [-0.15, -0.1) is 0 Å². The van der Waals surface area contributed by atoms with Gasteiger partial charge in [0.2, 0.25) is 5.95 Å². The lowest BCUT2D eigenvalue weighted by Crippen LogP contribution is -2.08. The fourth-order valence-corrected chi connectivity index (χ4v) is 1.45. The normalized spacial score (nSPS) is 9.94. The van der Waals surface area contributed by atoms with Gasteiger partial charge in [-0.2, -0.15) is 10.4 Å². The number of hydrogen-bond donors (Lipinski definition) is 1. The Labute approximate surface area is 98.9 Å². The zero-order valence-electron chi connectivity index (χ0n) is 9.68. The van der Waals surface area contributed by atoms with Crippen LogP contribution in [0.2, 0.25) is 0 Å². The van der Waals surface area contributed by atoms with Crippen molar-refractivity contribution in [1.82, 2.24) is 19.7 Å². The predicted octanol–water partition coefficient (Wildman–Crippen LogP) is 1.00. The maximum atomic E-state index is 8.80. The SMILES string of the molecule is Cc1cc(C#N)nc(NCc2ccnn2C)n1. The van der Waals surface area contributed by atoms with E-state index in [1.807, 2.05) is 26.1 Å². The van der Waals surface area contributed by atoms with Gasteiger partial charge in [-0.25, -0.2) is 9.97 Å². The first-order valence-corrected chi connectivity index (χ1v) is 5.15. The molecule has 0 spiro atoms. The number of nitrogens with zero attached hydrogens (tertiary/aromatic N) is 5. The van der Waals surface area contributed by atoms with Crippen LogP contribution in [0, 0.1) is 18.3 Å². The minimum Gasteiger partial charge on any atom is -0.349 e. The van der Waals surface area contributed by atoms with E-state index in [2.05, 4.69) is 20.4 Å². The summed E-state index contributed by atoms with van der Waals surface area (Å²) in [5.74, 6) is 0.461. The third kappa shape index (κ3) is 2.58. The molecule has 0 aliphatic rings. The van der Waals surface area contributed by atoms with E-state index in [0.29, 0.717) is 18.2 Å². The summed E-state index contributed by atoms with van der Waals surface area (Å²) in [6, 6.07) is 5.56. The Kier molecular flexibility index (Phi) is 3.01. The first kappa shape index (κ1) is 11.1. The molecule has 0 aromatic carbocycles. The zero-order valence-corrected chi connectivity index (χ0v) is 9.68. The van der Waals surface area contributed by atoms with Crippen molar-refractivity contribution in [2.75, 3.05) is 5.32 Å². The minimum atomic E-state index is 0.366. The molecule has 0 radical (unpaired) electrons. The Morgan fingerprint density at radius 1 is 1.47 bits per heavy atom. The van der Waals surface area contributed by atoms with Crippen LogP contribution in [-0.4, -0.2) is 19.7 Å². The topological polar surface area (TPSA) is 79.4 Å². The summed E-state index contributed by atoms with van der Waals surface area (Å²) >= 11 is 0. The highest BCUT2D eigenvalue weighted by molar-refractivity contribution is 5.33. The molecule has 0 amide bonds. The maximum absolute atomic E-state index is 8.80. The molecule has 0 aliphatic heterocycles. The number of anilines is 1. The van der Waals surface area contributed by atoms with Crippen LogP contribution < -0.4 is 5.32 Å². The van der Waals surface area contributed by atoms with Gasteiger partial charge in [0.05, 0.1) is 12.2 Å². The van der Waals surface area contributed by atoms with Crippen LogP contribution in [0.15, 0.2) is 18.3 Å². The monoisotopic (exact) mass is 228 g/mol. The van der Waals surface area contributed by atoms with Gasteiger partial charge in [-0.3, -0.25) is 4.68 Å². The molecule has 86 valence electrons. The maximum Gasteiger partial charge on any atom is 0.224 e. The molecule has 1 N–H and O–H groups in total. The lowest BCUT2D eigenvalue weighted by molar-refractivity contribution is 0.719. The summed E-state index contributed by atoms with van der Waals surface area (Å²) in [7, 11) is 1.87. The van der Waals surface area contributed by atoms with E-state index in [1.54, 1.807) is 16.9 Å². The molecule has 6 nitrogen and oxygen atoms in total. The molecule has 2 aromatic rings. The average Bonchev–Trinajstić information content (AvgIpc) is 2.71. The van der Waals surface area contributed by atoms with Crippen molar-refractivity contribution in [3.05, 3.63) is 35.4 Å². The fraction of sp³-hybridized carbons (Fsp3) is 0.273. The van der Waals surface area contributed by atoms with Crippen LogP contribution in [0.1, 0.15) is 17.1 Å². The molecule has 2 rings (SSSR count). The van der Waals surface area contributed by atoms with Crippen molar-refractivity contribution in [2.24, 2.45) is 7.05 Å². The summed E-state index contributed by atoms with van der Waals surface area (Å²) in [5, 5.41) is 15.9. The van der Waals surface area contributed by atoms with Crippen LogP contribution in [0.25, 0.3) is 0 Å². The molecule has 0 aliphatic carbocycles. The zero-order chi connectivity index (χ0) is 12.3. The number of nitrogens with one attached hydrogen (secondary N) is 1. The first-order valence-electron chi connectivity index (χ1n) is 5.15. The Bertz CT molecular complexity index is 566. The van der Waals surface area contributed by atoms with Gasteiger partial charge < -0.3 is 5.32 Å². The Balaban J connectivity index is 2.12. The van der Waals surface area contributed by atoms with E-state index >= 15 is 0 Å². The molecular formula is C11H12N6. The van der Waals surface area contributed by atoms with Crippen LogP contribution >= 0.6 is 0 Å². The fourth-order valence-electron chi connectivity index (χ4n) is 1.45. The van der Waals surface area contributed by atoms with Crippen LogP contribution in [-0.2, 0) is 13.6 Å². The lowest BCUT2D eigenvalue weighted by atomic mass is 10.3. The summed E-state index contributed by atoms with van der Waals surface area (Å²) < 4.78 is 1.77. The van der Waals surface area contributed by atoms with Crippen molar-refractivity contribution < 1.29 is 0 Å². The van der Waals surface area contributed by atoms with Crippen LogP contribution in [0.5, 0.6) is 0 Å². The molecule has 17 heavy (non-hydrogen) atoms. The number of hydrogen-bond acceptors (Lipinski definition) is 5. The van der Waals surface area contributed by atoms with Gasteiger partial charge in [-0.1, -0.05) is 0 Å². The highest BCUT2D eigenvalue weighted by atomic mass is 15.3. The van der Waals surface area contributed by atoms with Crippen LogP contribution in [0.3, 0.4) is 0 Å². The Hall–Kier alpha value is -2.42. The van der Waals surface area contributed by atoms with E-state index in [0.717, 1.165) is 11.4 Å². The van der Waals surface area contributed by atoms with E-state index in [1.165, 1.54) is 0 Å². The van der Waals surface area contributed by atoms with Gasteiger partial charge in [0.15, 0.2) is 0 Å². The smallest absolute Gasteiger partial charge is 0.224 e. The molecule has 0 unspecified atom stereocenters. The second-order valence-corrected chi connectivity index (χ2v) is 3.63. The largest absolute Gasteiger partial charge is 0.349 e. The molecular weight excluding hydrogens is 216 g/mol. The number of rotatable bonds is 3. The Morgan fingerprint density at radius 3 is 2.94 bits per heavy atom. The average molecular weight is 228 g/mol. The lowest BCUT2D eigenvalue weighted by Gasteiger charge is -2.05. The van der Waals surface area contributed by atoms with Gasteiger partial charge >= 0.3 is 0 Å². The second kappa shape index (κ2) is 4.61. The van der Waals surface area contributed by atoms with Crippen molar-refractivity contribution in [2.45, 2.75) is 13.5 Å². The first-order chi connectivity index (χ1) is 8.19. The summed E-state index contributed by atoms with van der Waals surface area (Å²) in [6.45, 7) is 2.41. The number of nitriles is 1. The van der Waals surface area contributed by atoms with Crippen molar-refractivity contribution in [1.29, 1.82) is 5.26 Å². The molecule has 6 heteroatoms. The molecule has 2 aromatic heterocycles. The molecule has 0 atom stereocenters. The third-order valence-corrected chi connectivity index (χ3v) is 2.32. The molecule has 0 saturated heterocycles. The number of aryl methyl sites for hydroxylation is 2. The summed E-state index contributed by atoms with van der Waals surface area (Å²) in [5.41, 5.74) is 2.16. The molecule has 2 heterocycles. The standard InChI is InChI=1S/C11H12N6/c1-8-5-9(6-12)16-11(15-8)13-7-10-3-4-14-17(10)2/h3-5H,7H2,1-2H3,(H,13,15,16). The third-order valence-electron chi connectivity index (χ3n) is 2.32. The van der Waals surface area contributed by atoms with Crippen LogP contribution in [0.4, 0.5) is 5.95 Å². The van der Waals surface area contributed by atoms with E-state index in [4.69, 9.17) is 5.26 Å². The van der Waals surface area contributed by atoms with Crippen molar-refractivity contribution in [3.63, 3.8) is 0 Å². The highest BCUT2D eigenvalue weighted by Gasteiger charge is 2.03. The quantitative estimate of drug-likeness (QED) is 0.847. The highest BCUT2D eigenvalue weighted by Crippen LogP contribution is 2.06. The number of aromatic nitrogens is 4. The predicted molar refractivity (Wildman–Crippen MR) is 62.0 cm³/mol. The van der Waals surface area contributed by atoms with Gasteiger partial charge in [0.25, 0.3) is 0 Å². The van der Waals surface area contributed by atoms with E-state index in [-0.39, 0.29) is 0 Å². The van der Waals surface area contributed by atoms with Crippen molar-refractivity contribution >= 4 is 5.95 Å². The van der Waals surface area contributed by atoms with Gasteiger partial charge in [-0.05, 0) is 19.1 Å².